The van der Waals surface area contributed by atoms with Crippen LogP contribution in [-0.4, -0.2) is 33.3 Å². The molecule has 6 nitrogen and oxygen atoms in total. The Bertz CT molecular complexity index is 519. The van der Waals surface area contributed by atoms with Crippen molar-refractivity contribution in [1.29, 1.82) is 5.26 Å². The summed E-state index contributed by atoms with van der Waals surface area (Å²) in [6.07, 6.45) is 3.64. The number of nitrogens with zero attached hydrogens (tertiary/aromatic N) is 3. The van der Waals surface area contributed by atoms with Crippen molar-refractivity contribution in [2.24, 2.45) is 5.92 Å². The van der Waals surface area contributed by atoms with Crippen molar-refractivity contribution in [3.8, 4) is 6.07 Å². The third kappa shape index (κ3) is 4.31. The number of hydrogen-bond acceptors (Lipinski definition) is 4. The summed E-state index contributed by atoms with van der Waals surface area (Å²) in [5, 5.41) is 19.6. The molecule has 1 aromatic rings. The van der Waals surface area contributed by atoms with Crippen molar-refractivity contribution in [3.05, 3.63) is 18.5 Å². The molecule has 0 aromatic carbocycles. The van der Waals surface area contributed by atoms with Gasteiger partial charge in [-0.1, -0.05) is 13.8 Å². The van der Waals surface area contributed by atoms with E-state index < -0.39 is 5.54 Å². The van der Waals surface area contributed by atoms with Gasteiger partial charge in [0.25, 0.3) is 0 Å². The molecule has 0 aliphatic carbocycles. The van der Waals surface area contributed by atoms with E-state index in [2.05, 4.69) is 21.8 Å². The van der Waals surface area contributed by atoms with Gasteiger partial charge in [-0.25, -0.2) is 0 Å². The fraction of sp³-hybridized carbons (Fsp3) is 0.688. The minimum Gasteiger partial charge on any atom is -0.336 e. The van der Waals surface area contributed by atoms with E-state index >= 15 is 0 Å². The van der Waals surface area contributed by atoms with E-state index in [1.807, 2.05) is 44.6 Å². The monoisotopic (exact) mass is 305 g/mol. The molecule has 0 bridgehead atoms. The number of carbonyl (C=O) groups excluding carboxylic acids is 1. The standard InChI is InChI=1S/C16H27N5O/c1-11(2)16(6,10-17)20-15(22)13(4)19-12(3)14(5)21-9-7-8-18-21/h7-9,11-14,19H,1-6H3,(H,20,22)/t12-,13+,14-,16+/m1/s1. The molecule has 6 heteroatoms. The van der Waals surface area contributed by atoms with E-state index in [0.29, 0.717) is 0 Å². The molecule has 122 valence electrons. The molecule has 0 spiro atoms. The number of nitriles is 1. The Morgan fingerprint density at radius 3 is 2.41 bits per heavy atom. The predicted molar refractivity (Wildman–Crippen MR) is 86.0 cm³/mol. The molecular formula is C16H27N5O. The first-order valence-electron chi connectivity index (χ1n) is 7.69. The first kappa shape index (κ1) is 18.2. The maximum Gasteiger partial charge on any atom is 0.238 e. The molecule has 2 N–H and O–H groups in total. The zero-order valence-corrected chi connectivity index (χ0v) is 14.3. The van der Waals surface area contributed by atoms with Crippen LogP contribution in [0.2, 0.25) is 0 Å². The highest BCUT2D eigenvalue weighted by Gasteiger charge is 2.32. The molecule has 0 radical (unpaired) electrons. The molecular weight excluding hydrogens is 278 g/mol. The summed E-state index contributed by atoms with van der Waals surface area (Å²) >= 11 is 0. The van der Waals surface area contributed by atoms with E-state index in [0.717, 1.165) is 0 Å². The zero-order chi connectivity index (χ0) is 16.9. The van der Waals surface area contributed by atoms with Crippen molar-refractivity contribution < 1.29 is 4.79 Å². The number of aromatic nitrogens is 2. The van der Waals surface area contributed by atoms with E-state index in [-0.39, 0.29) is 30.0 Å². The fourth-order valence-corrected chi connectivity index (χ4v) is 2.03. The van der Waals surface area contributed by atoms with Crippen molar-refractivity contribution in [2.75, 3.05) is 0 Å². The Morgan fingerprint density at radius 2 is 1.95 bits per heavy atom. The molecule has 1 rings (SSSR count). The molecule has 4 atom stereocenters. The van der Waals surface area contributed by atoms with E-state index in [4.69, 9.17) is 0 Å². The smallest absolute Gasteiger partial charge is 0.238 e. The molecule has 0 aliphatic rings. The van der Waals surface area contributed by atoms with Crippen LogP contribution in [0.25, 0.3) is 0 Å². The SMILES string of the molecule is CC(C)[C@](C)(C#N)NC(=O)[C@H](C)N[C@H](C)[C@@H](C)n1cccn1. The van der Waals surface area contributed by atoms with Gasteiger partial charge in [0.15, 0.2) is 0 Å². The first-order chi connectivity index (χ1) is 10.2. The van der Waals surface area contributed by atoms with Gasteiger partial charge in [-0.05, 0) is 39.7 Å². The fourth-order valence-electron chi connectivity index (χ4n) is 2.03. The third-order valence-corrected chi connectivity index (χ3v) is 4.34. The van der Waals surface area contributed by atoms with Crippen LogP contribution in [0, 0.1) is 17.2 Å². The van der Waals surface area contributed by atoms with Gasteiger partial charge in [0.1, 0.15) is 5.54 Å². The number of hydrogen-bond donors (Lipinski definition) is 2. The third-order valence-electron chi connectivity index (χ3n) is 4.34. The largest absolute Gasteiger partial charge is 0.336 e. The summed E-state index contributed by atoms with van der Waals surface area (Å²) in [5.74, 6) is -0.133. The Morgan fingerprint density at radius 1 is 1.32 bits per heavy atom. The predicted octanol–water partition coefficient (Wildman–Crippen LogP) is 1.87. The molecule has 0 saturated heterocycles. The van der Waals surface area contributed by atoms with Crippen molar-refractivity contribution in [3.63, 3.8) is 0 Å². The van der Waals surface area contributed by atoms with Crippen molar-refractivity contribution >= 4 is 5.91 Å². The van der Waals surface area contributed by atoms with Crippen LogP contribution in [0.3, 0.4) is 0 Å². The minimum absolute atomic E-state index is 0.0362. The highest BCUT2D eigenvalue weighted by Crippen LogP contribution is 2.15. The van der Waals surface area contributed by atoms with Crippen LogP contribution < -0.4 is 10.6 Å². The van der Waals surface area contributed by atoms with Gasteiger partial charge >= 0.3 is 0 Å². The molecule has 0 aliphatic heterocycles. The second kappa shape index (κ2) is 7.41. The average Bonchev–Trinajstić information content (AvgIpc) is 2.99. The quantitative estimate of drug-likeness (QED) is 0.805. The summed E-state index contributed by atoms with van der Waals surface area (Å²) in [6, 6.07) is 3.86. The van der Waals surface area contributed by atoms with Gasteiger partial charge in [-0.2, -0.15) is 10.4 Å². The maximum atomic E-state index is 12.3. The number of rotatable bonds is 7. The lowest BCUT2D eigenvalue weighted by atomic mass is 9.90. The second-order valence-electron chi connectivity index (χ2n) is 6.36. The van der Waals surface area contributed by atoms with E-state index in [9.17, 15) is 10.1 Å². The lowest BCUT2D eigenvalue weighted by Crippen LogP contribution is -2.56. The zero-order valence-electron chi connectivity index (χ0n) is 14.3. The highest BCUT2D eigenvalue weighted by molar-refractivity contribution is 5.82. The van der Waals surface area contributed by atoms with Gasteiger partial charge in [-0.15, -0.1) is 0 Å². The van der Waals surface area contributed by atoms with Gasteiger partial charge in [-0.3, -0.25) is 9.48 Å². The highest BCUT2D eigenvalue weighted by atomic mass is 16.2. The minimum atomic E-state index is -0.857. The van der Waals surface area contributed by atoms with Crippen LogP contribution in [0.1, 0.15) is 47.6 Å². The Kier molecular flexibility index (Phi) is 6.12. The number of amides is 1. The van der Waals surface area contributed by atoms with Crippen LogP contribution in [0.4, 0.5) is 0 Å². The number of carbonyl (C=O) groups is 1. The van der Waals surface area contributed by atoms with Crippen LogP contribution >= 0.6 is 0 Å². The van der Waals surface area contributed by atoms with Crippen LogP contribution in [-0.2, 0) is 4.79 Å². The molecule has 1 aromatic heterocycles. The first-order valence-corrected chi connectivity index (χ1v) is 7.69. The Hall–Kier alpha value is -1.87. The summed E-state index contributed by atoms with van der Waals surface area (Å²) in [7, 11) is 0. The van der Waals surface area contributed by atoms with Crippen molar-refractivity contribution in [1.82, 2.24) is 20.4 Å². The molecule has 0 fully saturated rings. The Balaban J connectivity index is 2.63. The molecule has 1 heterocycles. The molecule has 22 heavy (non-hydrogen) atoms. The van der Waals surface area contributed by atoms with Gasteiger partial charge in [0.2, 0.25) is 5.91 Å². The number of nitrogens with one attached hydrogen (secondary N) is 2. The summed E-state index contributed by atoms with van der Waals surface area (Å²) in [4.78, 5) is 12.3. The maximum absolute atomic E-state index is 12.3. The molecule has 0 saturated carbocycles. The lowest BCUT2D eigenvalue weighted by Gasteiger charge is -2.30. The van der Waals surface area contributed by atoms with Crippen LogP contribution in [0.15, 0.2) is 18.5 Å². The normalized spacial score (nSPS) is 18.1. The van der Waals surface area contributed by atoms with E-state index in [1.54, 1.807) is 20.0 Å². The molecule has 0 unspecified atom stereocenters. The summed E-state index contributed by atoms with van der Waals surface area (Å²) in [5.41, 5.74) is -0.857. The van der Waals surface area contributed by atoms with Gasteiger partial charge in [0, 0.05) is 18.4 Å². The summed E-state index contributed by atoms with van der Waals surface area (Å²) in [6.45, 7) is 11.5. The summed E-state index contributed by atoms with van der Waals surface area (Å²) < 4.78 is 1.86. The lowest BCUT2D eigenvalue weighted by molar-refractivity contribution is -0.124. The topological polar surface area (TPSA) is 82.7 Å². The van der Waals surface area contributed by atoms with Gasteiger partial charge in [0.05, 0.1) is 18.2 Å². The Labute approximate surface area is 132 Å². The van der Waals surface area contributed by atoms with E-state index in [1.165, 1.54) is 0 Å². The van der Waals surface area contributed by atoms with Gasteiger partial charge < -0.3 is 10.6 Å². The second-order valence-corrected chi connectivity index (χ2v) is 6.36. The van der Waals surface area contributed by atoms with Crippen LogP contribution in [0.5, 0.6) is 0 Å². The average molecular weight is 305 g/mol. The molecule has 1 amide bonds. The van der Waals surface area contributed by atoms with Crippen molar-refractivity contribution in [2.45, 2.75) is 65.2 Å².